The molecule has 0 saturated carbocycles. The molecule has 16 heavy (non-hydrogen) atoms. The molecule has 0 aromatic rings. The van der Waals surface area contributed by atoms with E-state index in [1.165, 1.54) is 11.8 Å². The number of carbonyl (C=O) groups is 2. The molecule has 1 fully saturated rings. The van der Waals surface area contributed by atoms with E-state index in [-0.39, 0.29) is 11.8 Å². The lowest BCUT2D eigenvalue weighted by atomic mass is 9.96. The number of hydrogen-bond acceptors (Lipinski definition) is 4. The van der Waals surface area contributed by atoms with E-state index in [9.17, 15) is 14.7 Å². The zero-order valence-electron chi connectivity index (χ0n) is 9.30. The van der Waals surface area contributed by atoms with Crippen LogP contribution < -0.4 is 5.73 Å². The van der Waals surface area contributed by atoms with Crippen molar-refractivity contribution in [3.05, 3.63) is 0 Å². The molecule has 1 aliphatic rings. The van der Waals surface area contributed by atoms with Gasteiger partial charge in [0.2, 0.25) is 5.91 Å². The van der Waals surface area contributed by atoms with Gasteiger partial charge in [0.15, 0.2) is 0 Å². The van der Waals surface area contributed by atoms with E-state index < -0.39 is 18.1 Å². The van der Waals surface area contributed by atoms with Crippen molar-refractivity contribution in [1.82, 2.24) is 4.90 Å². The molecule has 1 saturated heterocycles. The highest BCUT2D eigenvalue weighted by molar-refractivity contribution is 5.82. The summed E-state index contributed by atoms with van der Waals surface area (Å²) in [5, 5.41) is 18.0. The summed E-state index contributed by atoms with van der Waals surface area (Å²) in [6.45, 7) is 2.26. The summed E-state index contributed by atoms with van der Waals surface area (Å²) < 4.78 is 0. The quantitative estimate of drug-likeness (QED) is 0.578. The Morgan fingerprint density at radius 1 is 1.38 bits per heavy atom. The molecule has 0 unspecified atom stereocenters. The van der Waals surface area contributed by atoms with Crippen LogP contribution in [-0.2, 0) is 9.59 Å². The molecular weight excluding hydrogens is 212 g/mol. The van der Waals surface area contributed by atoms with Crippen LogP contribution in [0.3, 0.4) is 0 Å². The molecule has 0 aliphatic carbocycles. The van der Waals surface area contributed by atoms with E-state index in [4.69, 9.17) is 10.8 Å². The van der Waals surface area contributed by atoms with Gasteiger partial charge < -0.3 is 20.8 Å². The van der Waals surface area contributed by atoms with Crippen LogP contribution in [0.15, 0.2) is 0 Å². The number of piperidine rings is 1. The molecule has 0 radical (unpaired) electrons. The standard InChI is InChI=1S/C10H18N2O4/c1-6(13)8(11)9(14)12-4-2-7(3-5-12)10(15)16/h6-8,13H,2-5,11H2,1H3,(H,15,16)/t6-,8+/m1/s1. The largest absolute Gasteiger partial charge is 0.481 e. The number of carbonyl (C=O) groups excluding carboxylic acids is 1. The van der Waals surface area contributed by atoms with Gasteiger partial charge in [-0.3, -0.25) is 9.59 Å². The summed E-state index contributed by atoms with van der Waals surface area (Å²) in [4.78, 5) is 23.9. The molecule has 6 nitrogen and oxygen atoms in total. The number of aliphatic hydroxyl groups is 1. The van der Waals surface area contributed by atoms with Crippen LogP contribution in [0.4, 0.5) is 0 Å². The second-order valence-corrected chi connectivity index (χ2v) is 4.20. The van der Waals surface area contributed by atoms with Gasteiger partial charge in [-0.1, -0.05) is 0 Å². The van der Waals surface area contributed by atoms with Crippen LogP contribution >= 0.6 is 0 Å². The first-order valence-corrected chi connectivity index (χ1v) is 5.38. The third-order valence-corrected chi connectivity index (χ3v) is 2.96. The van der Waals surface area contributed by atoms with Gasteiger partial charge in [0, 0.05) is 13.1 Å². The monoisotopic (exact) mass is 230 g/mol. The highest BCUT2D eigenvalue weighted by Crippen LogP contribution is 2.17. The SMILES string of the molecule is C[C@@H](O)[C@H](N)C(=O)N1CCC(C(=O)O)CC1. The van der Waals surface area contributed by atoms with Gasteiger partial charge in [0.1, 0.15) is 6.04 Å². The fraction of sp³-hybridized carbons (Fsp3) is 0.800. The number of hydrogen-bond donors (Lipinski definition) is 3. The van der Waals surface area contributed by atoms with Crippen molar-refractivity contribution in [2.75, 3.05) is 13.1 Å². The summed E-state index contributed by atoms with van der Waals surface area (Å²) in [5.74, 6) is -1.49. The first-order chi connectivity index (χ1) is 7.43. The molecule has 6 heteroatoms. The minimum absolute atomic E-state index is 0.307. The van der Waals surface area contributed by atoms with Crippen LogP contribution in [0.25, 0.3) is 0 Å². The molecule has 1 heterocycles. The topological polar surface area (TPSA) is 104 Å². The van der Waals surface area contributed by atoms with Gasteiger partial charge in [-0.2, -0.15) is 0 Å². The molecule has 0 aromatic carbocycles. The number of nitrogens with two attached hydrogens (primary N) is 1. The molecule has 92 valence electrons. The number of rotatable bonds is 3. The molecule has 0 spiro atoms. The Balaban J connectivity index is 2.47. The lowest BCUT2D eigenvalue weighted by molar-refractivity contribution is -0.146. The maximum absolute atomic E-state index is 11.7. The third-order valence-electron chi connectivity index (χ3n) is 2.96. The molecule has 1 aliphatic heterocycles. The Hall–Kier alpha value is -1.14. The van der Waals surface area contributed by atoms with Crippen LogP contribution in [0.5, 0.6) is 0 Å². The average molecular weight is 230 g/mol. The van der Waals surface area contributed by atoms with Gasteiger partial charge >= 0.3 is 5.97 Å². The first kappa shape index (κ1) is 12.9. The smallest absolute Gasteiger partial charge is 0.306 e. The highest BCUT2D eigenvalue weighted by Gasteiger charge is 2.30. The lowest BCUT2D eigenvalue weighted by Gasteiger charge is -2.32. The molecule has 1 amide bonds. The van der Waals surface area contributed by atoms with E-state index in [1.807, 2.05) is 0 Å². The predicted octanol–water partition coefficient (Wildman–Crippen LogP) is -0.982. The maximum Gasteiger partial charge on any atom is 0.306 e. The van der Waals surface area contributed by atoms with E-state index >= 15 is 0 Å². The Morgan fingerprint density at radius 2 is 1.88 bits per heavy atom. The van der Waals surface area contributed by atoms with Crippen LogP contribution in [0, 0.1) is 5.92 Å². The molecule has 2 atom stereocenters. The Labute approximate surface area is 94.0 Å². The van der Waals surface area contributed by atoms with E-state index in [1.54, 1.807) is 0 Å². The summed E-state index contributed by atoms with van der Waals surface area (Å²) in [7, 11) is 0. The third kappa shape index (κ3) is 2.93. The molecule has 4 N–H and O–H groups in total. The van der Waals surface area contributed by atoms with Crippen molar-refractivity contribution >= 4 is 11.9 Å². The average Bonchev–Trinajstić information content (AvgIpc) is 2.27. The van der Waals surface area contributed by atoms with Gasteiger partial charge in [0.05, 0.1) is 12.0 Å². The molecule has 0 aromatic heterocycles. The van der Waals surface area contributed by atoms with Crippen molar-refractivity contribution in [2.45, 2.75) is 31.9 Å². The van der Waals surface area contributed by atoms with E-state index in [0.717, 1.165) is 0 Å². The van der Waals surface area contributed by atoms with E-state index in [0.29, 0.717) is 25.9 Å². The van der Waals surface area contributed by atoms with Gasteiger partial charge in [-0.25, -0.2) is 0 Å². The normalized spacial score (nSPS) is 21.6. The van der Waals surface area contributed by atoms with E-state index in [2.05, 4.69) is 0 Å². The Kier molecular flexibility index (Phi) is 4.26. The van der Waals surface area contributed by atoms with Gasteiger partial charge in [0.25, 0.3) is 0 Å². The Morgan fingerprint density at radius 3 is 2.25 bits per heavy atom. The highest BCUT2D eigenvalue weighted by atomic mass is 16.4. The first-order valence-electron chi connectivity index (χ1n) is 5.38. The van der Waals surface area contributed by atoms with Gasteiger partial charge in [-0.05, 0) is 19.8 Å². The van der Waals surface area contributed by atoms with Crippen molar-refractivity contribution in [3.63, 3.8) is 0 Å². The molecular formula is C10H18N2O4. The minimum Gasteiger partial charge on any atom is -0.481 e. The summed E-state index contributed by atoms with van der Waals surface area (Å²) >= 11 is 0. The molecule has 0 bridgehead atoms. The number of nitrogens with zero attached hydrogens (tertiary/aromatic N) is 1. The maximum atomic E-state index is 11.7. The fourth-order valence-electron chi connectivity index (χ4n) is 1.76. The van der Waals surface area contributed by atoms with Crippen LogP contribution in [0.2, 0.25) is 0 Å². The zero-order chi connectivity index (χ0) is 12.3. The number of aliphatic hydroxyl groups excluding tert-OH is 1. The second-order valence-electron chi connectivity index (χ2n) is 4.20. The number of carboxylic acid groups (broad SMARTS) is 1. The predicted molar refractivity (Wildman–Crippen MR) is 56.6 cm³/mol. The summed E-state index contributed by atoms with van der Waals surface area (Å²) in [6, 6.07) is -0.915. The van der Waals surface area contributed by atoms with Crippen LogP contribution in [0.1, 0.15) is 19.8 Å². The number of carboxylic acids is 1. The van der Waals surface area contributed by atoms with Crippen molar-refractivity contribution < 1.29 is 19.8 Å². The number of amides is 1. The van der Waals surface area contributed by atoms with Crippen molar-refractivity contribution in [2.24, 2.45) is 11.7 Å². The fourth-order valence-corrected chi connectivity index (χ4v) is 1.76. The van der Waals surface area contributed by atoms with Crippen LogP contribution in [-0.4, -0.2) is 52.2 Å². The zero-order valence-corrected chi connectivity index (χ0v) is 9.30. The number of aliphatic carboxylic acids is 1. The number of likely N-dealkylation sites (tertiary alicyclic amines) is 1. The van der Waals surface area contributed by atoms with Crippen molar-refractivity contribution in [1.29, 1.82) is 0 Å². The summed E-state index contributed by atoms with van der Waals surface area (Å²) in [5.41, 5.74) is 5.53. The minimum atomic E-state index is -0.915. The molecule has 1 rings (SSSR count). The summed E-state index contributed by atoms with van der Waals surface area (Å²) in [6.07, 6.45) is 0.0194. The second kappa shape index (κ2) is 5.27. The Bertz CT molecular complexity index is 272. The lowest BCUT2D eigenvalue weighted by Crippen LogP contribution is -2.51. The van der Waals surface area contributed by atoms with Gasteiger partial charge in [-0.15, -0.1) is 0 Å². The van der Waals surface area contributed by atoms with Crippen molar-refractivity contribution in [3.8, 4) is 0 Å².